The van der Waals surface area contributed by atoms with Crippen LogP contribution in [0.2, 0.25) is 5.02 Å². The molecule has 2 rings (SSSR count). The third-order valence-electron chi connectivity index (χ3n) is 3.45. The van der Waals surface area contributed by atoms with Gasteiger partial charge in [0.2, 0.25) is 5.60 Å². The van der Waals surface area contributed by atoms with E-state index in [2.05, 4.69) is 11.2 Å². The van der Waals surface area contributed by atoms with Crippen molar-refractivity contribution in [1.82, 2.24) is 0 Å². The number of hydrogen-bond donors (Lipinski definition) is 2. The molecule has 1 aliphatic carbocycles. The van der Waals surface area contributed by atoms with Gasteiger partial charge in [0.25, 0.3) is 0 Å². The molecule has 1 aromatic carbocycles. The third kappa shape index (κ3) is 5.05. The number of anilines is 1. The molecule has 26 heavy (non-hydrogen) atoms. The molecule has 1 atom stereocenters. The minimum Gasteiger partial charge on any atom is -0.444 e. The standard InChI is InChI=1S/C18H19ClF3NO3/c1-16(2,3)26-15(24)23-14-7-6-12(19)10-13(14)17(25,18(20,21)22)9-8-11-4-5-11/h6-7,10-11,25H,4-5H2,1-3H3,(H,23,24)/t17-/m0/s1. The second-order valence-corrected chi connectivity index (χ2v) is 7.51. The maximum atomic E-state index is 13.6. The molecule has 1 aromatic rings. The highest BCUT2D eigenvalue weighted by Gasteiger charge is 2.55. The monoisotopic (exact) mass is 389 g/mol. The second kappa shape index (κ2) is 7.01. The molecule has 0 radical (unpaired) electrons. The van der Waals surface area contributed by atoms with Crippen LogP contribution in [0.5, 0.6) is 0 Å². The Morgan fingerprint density at radius 3 is 2.42 bits per heavy atom. The van der Waals surface area contributed by atoms with E-state index < -0.39 is 29.0 Å². The molecular formula is C18H19ClF3NO3. The molecule has 1 aliphatic rings. The van der Waals surface area contributed by atoms with Crippen LogP contribution in [0, 0.1) is 17.8 Å². The number of hydrogen-bond acceptors (Lipinski definition) is 3. The highest BCUT2D eigenvalue weighted by Crippen LogP contribution is 2.43. The van der Waals surface area contributed by atoms with Crippen LogP contribution in [-0.2, 0) is 10.3 Å². The van der Waals surface area contributed by atoms with Crippen molar-refractivity contribution in [2.75, 3.05) is 5.32 Å². The largest absolute Gasteiger partial charge is 0.444 e. The second-order valence-electron chi connectivity index (χ2n) is 7.07. The van der Waals surface area contributed by atoms with Crippen molar-refractivity contribution in [1.29, 1.82) is 0 Å². The molecular weight excluding hydrogens is 371 g/mol. The Morgan fingerprint density at radius 2 is 1.92 bits per heavy atom. The summed E-state index contributed by atoms with van der Waals surface area (Å²) in [6.07, 6.45) is -4.66. The van der Waals surface area contributed by atoms with Gasteiger partial charge in [-0.1, -0.05) is 23.4 Å². The van der Waals surface area contributed by atoms with Crippen molar-refractivity contribution in [3.8, 4) is 11.8 Å². The predicted molar refractivity (Wildman–Crippen MR) is 91.8 cm³/mol. The van der Waals surface area contributed by atoms with Gasteiger partial charge in [-0.15, -0.1) is 0 Å². The summed E-state index contributed by atoms with van der Waals surface area (Å²) in [6.45, 7) is 4.84. The molecule has 1 saturated carbocycles. The predicted octanol–water partition coefficient (Wildman–Crippen LogP) is 4.85. The van der Waals surface area contributed by atoms with E-state index in [0.29, 0.717) is 12.8 Å². The van der Waals surface area contributed by atoms with E-state index in [9.17, 15) is 23.1 Å². The number of ether oxygens (including phenoxy) is 1. The fourth-order valence-corrected chi connectivity index (χ4v) is 2.24. The van der Waals surface area contributed by atoms with E-state index in [4.69, 9.17) is 16.3 Å². The number of rotatable bonds is 2. The van der Waals surface area contributed by atoms with E-state index in [0.717, 1.165) is 12.1 Å². The average Bonchev–Trinajstić information content (AvgIpc) is 3.27. The number of alkyl halides is 3. The fourth-order valence-electron chi connectivity index (χ4n) is 2.06. The smallest absolute Gasteiger partial charge is 0.433 e. The Labute approximate surface area is 154 Å². The van der Waals surface area contributed by atoms with E-state index >= 15 is 0 Å². The van der Waals surface area contributed by atoms with Gasteiger partial charge in [-0.3, -0.25) is 5.32 Å². The Kier molecular flexibility index (Phi) is 5.50. The summed E-state index contributed by atoms with van der Waals surface area (Å²) in [5, 5.41) is 12.6. The maximum Gasteiger partial charge on any atom is 0.433 e. The zero-order valence-electron chi connectivity index (χ0n) is 14.5. The molecule has 8 heteroatoms. The number of amides is 1. The summed E-state index contributed by atoms with van der Waals surface area (Å²) in [4.78, 5) is 12.0. The third-order valence-corrected chi connectivity index (χ3v) is 3.69. The fraction of sp³-hybridized carbons (Fsp3) is 0.500. The first kappa shape index (κ1) is 20.4. The van der Waals surface area contributed by atoms with Gasteiger partial charge < -0.3 is 9.84 Å². The van der Waals surface area contributed by atoms with Crippen LogP contribution in [0.25, 0.3) is 0 Å². The maximum absolute atomic E-state index is 13.6. The summed E-state index contributed by atoms with van der Waals surface area (Å²) >= 11 is 5.82. The Morgan fingerprint density at radius 1 is 1.31 bits per heavy atom. The van der Waals surface area contributed by atoms with Crippen molar-refractivity contribution >= 4 is 23.4 Å². The molecule has 1 fully saturated rings. The van der Waals surface area contributed by atoms with Crippen LogP contribution in [0.4, 0.5) is 23.7 Å². The van der Waals surface area contributed by atoms with Gasteiger partial charge in [-0.05, 0) is 51.8 Å². The molecule has 0 saturated heterocycles. The van der Waals surface area contributed by atoms with Crippen LogP contribution in [0.15, 0.2) is 18.2 Å². The van der Waals surface area contributed by atoms with E-state index in [1.807, 2.05) is 5.92 Å². The first-order valence-corrected chi connectivity index (χ1v) is 8.31. The Hall–Kier alpha value is -1.91. The number of benzene rings is 1. The Bertz CT molecular complexity index is 758. The van der Waals surface area contributed by atoms with Crippen molar-refractivity contribution in [2.45, 2.75) is 51.0 Å². The van der Waals surface area contributed by atoms with Gasteiger partial charge in [0.15, 0.2) is 0 Å². The lowest BCUT2D eigenvalue weighted by molar-refractivity contribution is -0.240. The minimum atomic E-state index is -5.09. The zero-order chi connectivity index (χ0) is 19.8. The normalized spacial score (nSPS) is 16.9. The summed E-state index contributed by atoms with van der Waals surface area (Å²) in [5.41, 5.74) is -5.25. The molecule has 0 unspecified atom stereocenters. The number of carbonyl (C=O) groups is 1. The van der Waals surface area contributed by atoms with Gasteiger partial charge in [-0.25, -0.2) is 4.79 Å². The quantitative estimate of drug-likeness (QED) is 0.711. The molecule has 2 N–H and O–H groups in total. The van der Waals surface area contributed by atoms with E-state index in [-0.39, 0.29) is 16.6 Å². The van der Waals surface area contributed by atoms with Crippen LogP contribution < -0.4 is 5.32 Å². The molecule has 0 aliphatic heterocycles. The van der Waals surface area contributed by atoms with Gasteiger partial charge in [0.1, 0.15) is 5.60 Å². The van der Waals surface area contributed by atoms with Gasteiger partial charge in [0, 0.05) is 16.5 Å². The summed E-state index contributed by atoms with van der Waals surface area (Å²) in [6, 6.07) is 3.39. The minimum absolute atomic E-state index is 0.0364. The molecule has 0 spiro atoms. The molecule has 0 aromatic heterocycles. The Balaban J connectivity index is 2.47. The lowest BCUT2D eigenvalue weighted by atomic mass is 9.91. The van der Waals surface area contributed by atoms with Gasteiger partial charge >= 0.3 is 12.3 Å². The number of nitrogens with one attached hydrogen (secondary N) is 1. The lowest BCUT2D eigenvalue weighted by Gasteiger charge is -2.28. The van der Waals surface area contributed by atoms with Gasteiger partial charge in [-0.2, -0.15) is 13.2 Å². The number of carbonyl (C=O) groups excluding carboxylic acids is 1. The zero-order valence-corrected chi connectivity index (χ0v) is 15.3. The topological polar surface area (TPSA) is 58.6 Å². The summed E-state index contributed by atoms with van der Waals surface area (Å²) in [5.74, 6) is 4.20. The van der Waals surface area contributed by atoms with Crippen molar-refractivity contribution in [3.63, 3.8) is 0 Å². The molecule has 0 bridgehead atoms. The highest BCUT2D eigenvalue weighted by atomic mass is 35.5. The molecule has 4 nitrogen and oxygen atoms in total. The van der Waals surface area contributed by atoms with E-state index in [1.54, 1.807) is 20.8 Å². The van der Waals surface area contributed by atoms with Crippen molar-refractivity contribution in [3.05, 3.63) is 28.8 Å². The van der Waals surface area contributed by atoms with Crippen molar-refractivity contribution < 1.29 is 27.8 Å². The van der Waals surface area contributed by atoms with Crippen LogP contribution in [0.3, 0.4) is 0 Å². The molecule has 142 valence electrons. The summed E-state index contributed by atoms with van der Waals surface area (Å²) < 4.78 is 46.0. The van der Waals surface area contributed by atoms with Crippen LogP contribution in [0.1, 0.15) is 39.2 Å². The summed E-state index contributed by atoms with van der Waals surface area (Å²) in [7, 11) is 0. The average molecular weight is 390 g/mol. The molecule has 1 amide bonds. The van der Waals surface area contributed by atoms with Crippen LogP contribution >= 0.6 is 11.6 Å². The lowest BCUT2D eigenvalue weighted by Crippen LogP contribution is -2.42. The van der Waals surface area contributed by atoms with Crippen molar-refractivity contribution in [2.24, 2.45) is 5.92 Å². The first-order chi connectivity index (χ1) is 11.8. The SMILES string of the molecule is CC(C)(C)OC(=O)Nc1ccc(Cl)cc1[C@@](O)(C#CC1CC1)C(F)(F)F. The van der Waals surface area contributed by atoms with Gasteiger partial charge in [0.05, 0.1) is 5.69 Å². The number of halogens is 4. The number of aliphatic hydroxyl groups is 1. The van der Waals surface area contributed by atoms with E-state index in [1.165, 1.54) is 6.07 Å². The molecule has 0 heterocycles. The highest BCUT2D eigenvalue weighted by molar-refractivity contribution is 6.30. The first-order valence-electron chi connectivity index (χ1n) is 7.94. The van der Waals surface area contributed by atoms with Crippen LogP contribution in [-0.4, -0.2) is 23.0 Å².